The van der Waals surface area contributed by atoms with Crippen LogP contribution in [0.2, 0.25) is 0 Å². The van der Waals surface area contributed by atoms with Gasteiger partial charge in [0.05, 0.1) is 16.8 Å². The fourth-order valence-corrected chi connectivity index (χ4v) is 3.37. The first kappa shape index (κ1) is 16.4. The number of nitro benzene ring substituents is 1. The van der Waals surface area contributed by atoms with Gasteiger partial charge < -0.3 is 4.90 Å². The van der Waals surface area contributed by atoms with E-state index >= 15 is 0 Å². The number of hydrazone groups is 1. The molecule has 7 nitrogen and oxygen atoms in total. The second-order valence-electron chi connectivity index (χ2n) is 5.72. The second-order valence-corrected chi connectivity index (χ2v) is 6.58. The van der Waals surface area contributed by atoms with E-state index in [2.05, 4.69) is 20.4 Å². The zero-order chi connectivity index (χ0) is 16.9. The van der Waals surface area contributed by atoms with Crippen LogP contribution in [0.5, 0.6) is 0 Å². The molecule has 3 rings (SSSR count). The predicted molar refractivity (Wildman–Crippen MR) is 97.2 cm³/mol. The third kappa shape index (κ3) is 3.88. The molecule has 0 spiro atoms. The van der Waals surface area contributed by atoms with Crippen LogP contribution in [0.25, 0.3) is 0 Å². The number of aromatic nitrogens is 1. The highest BCUT2D eigenvalue weighted by Gasteiger charge is 2.21. The highest BCUT2D eigenvalue weighted by molar-refractivity contribution is 7.13. The molecule has 2 aromatic rings. The molecule has 0 unspecified atom stereocenters. The van der Waals surface area contributed by atoms with Crippen molar-refractivity contribution in [2.24, 2.45) is 5.10 Å². The fourth-order valence-electron chi connectivity index (χ4n) is 2.74. The van der Waals surface area contributed by atoms with Gasteiger partial charge in [0.15, 0.2) is 0 Å². The molecule has 0 saturated carbocycles. The molecule has 1 N–H and O–H groups in total. The van der Waals surface area contributed by atoms with Crippen molar-refractivity contribution >= 4 is 34.1 Å². The molecule has 1 saturated heterocycles. The van der Waals surface area contributed by atoms with Gasteiger partial charge in [-0.1, -0.05) is 6.07 Å². The maximum Gasteiger partial charge on any atom is 0.293 e. The van der Waals surface area contributed by atoms with E-state index < -0.39 is 0 Å². The molecule has 1 fully saturated rings. The molecule has 1 aromatic carbocycles. The van der Waals surface area contributed by atoms with E-state index in [9.17, 15) is 10.1 Å². The minimum Gasteiger partial charge on any atom is -0.366 e. The number of rotatable bonds is 5. The molecule has 1 aliphatic heterocycles. The van der Waals surface area contributed by atoms with Crippen molar-refractivity contribution in [2.45, 2.75) is 26.2 Å². The van der Waals surface area contributed by atoms with Gasteiger partial charge in [-0.05, 0) is 32.3 Å². The molecule has 1 aliphatic rings. The monoisotopic (exact) mass is 345 g/mol. The van der Waals surface area contributed by atoms with Crippen LogP contribution in [-0.4, -0.2) is 29.2 Å². The van der Waals surface area contributed by atoms with Crippen LogP contribution in [0.15, 0.2) is 28.7 Å². The van der Waals surface area contributed by atoms with Crippen molar-refractivity contribution in [1.29, 1.82) is 0 Å². The number of anilines is 2. The number of nitrogens with zero attached hydrogens (tertiary/aromatic N) is 4. The molecule has 0 radical (unpaired) electrons. The minimum atomic E-state index is -0.321. The lowest BCUT2D eigenvalue weighted by Gasteiger charge is -2.28. The van der Waals surface area contributed by atoms with Gasteiger partial charge in [0.1, 0.15) is 5.69 Å². The molecule has 126 valence electrons. The summed E-state index contributed by atoms with van der Waals surface area (Å²) in [5.41, 5.74) is 5.28. The highest BCUT2D eigenvalue weighted by Crippen LogP contribution is 2.31. The third-order valence-electron chi connectivity index (χ3n) is 3.89. The van der Waals surface area contributed by atoms with Crippen LogP contribution in [0.4, 0.5) is 16.5 Å². The summed E-state index contributed by atoms with van der Waals surface area (Å²) in [6.07, 6.45) is 4.93. The first-order chi connectivity index (χ1) is 11.6. The zero-order valence-electron chi connectivity index (χ0n) is 13.4. The van der Waals surface area contributed by atoms with Crippen LogP contribution in [0.3, 0.4) is 0 Å². The number of piperidine rings is 1. The number of hydrogen-bond acceptors (Lipinski definition) is 7. The molecule has 0 atom stereocenters. The molecule has 0 aliphatic carbocycles. The smallest absolute Gasteiger partial charge is 0.293 e. The third-order valence-corrected chi connectivity index (χ3v) is 4.75. The topological polar surface area (TPSA) is 83.7 Å². The van der Waals surface area contributed by atoms with E-state index in [1.807, 2.05) is 24.4 Å². The summed E-state index contributed by atoms with van der Waals surface area (Å²) in [6, 6.07) is 5.25. The summed E-state index contributed by atoms with van der Waals surface area (Å²) in [4.78, 5) is 17.4. The summed E-state index contributed by atoms with van der Waals surface area (Å²) < 4.78 is 0. The Bertz CT molecular complexity index is 753. The number of nitrogens with one attached hydrogen (secondary N) is 1. The van der Waals surface area contributed by atoms with Gasteiger partial charge in [-0.15, -0.1) is 11.3 Å². The Balaban J connectivity index is 1.76. The number of benzene rings is 1. The quantitative estimate of drug-likeness (QED) is 0.506. The standard InChI is InChI=1S/C16H19N5O2S/c1-12-11-24-16(18-12)19-17-10-13-5-6-14(15(9-13)21(22)23)20-7-3-2-4-8-20/h5-6,9-11H,2-4,7-8H2,1H3,(H,18,19). The molecular formula is C16H19N5O2S. The minimum absolute atomic E-state index is 0.131. The van der Waals surface area contributed by atoms with Crippen molar-refractivity contribution in [3.05, 3.63) is 45.0 Å². The van der Waals surface area contributed by atoms with E-state index in [4.69, 9.17) is 0 Å². The van der Waals surface area contributed by atoms with E-state index in [1.54, 1.807) is 12.3 Å². The SMILES string of the molecule is Cc1csc(NN=Cc2ccc(N3CCCCC3)c([N+](=O)[O-])c2)n1. The van der Waals surface area contributed by atoms with Crippen molar-refractivity contribution in [2.75, 3.05) is 23.4 Å². The van der Waals surface area contributed by atoms with Crippen LogP contribution < -0.4 is 10.3 Å². The van der Waals surface area contributed by atoms with Gasteiger partial charge in [0.2, 0.25) is 5.13 Å². The molecule has 8 heteroatoms. The van der Waals surface area contributed by atoms with Gasteiger partial charge in [-0.25, -0.2) is 4.98 Å². The Hall–Kier alpha value is -2.48. The Morgan fingerprint density at radius 1 is 1.38 bits per heavy atom. The van der Waals surface area contributed by atoms with Crippen LogP contribution in [0.1, 0.15) is 30.5 Å². The number of thiazole rings is 1. The lowest BCUT2D eigenvalue weighted by atomic mass is 10.1. The average Bonchev–Trinajstić information content (AvgIpc) is 3.01. The van der Waals surface area contributed by atoms with Crippen molar-refractivity contribution < 1.29 is 4.92 Å². The lowest BCUT2D eigenvalue weighted by molar-refractivity contribution is -0.384. The molecular weight excluding hydrogens is 326 g/mol. The van der Waals surface area contributed by atoms with Crippen molar-refractivity contribution in [3.8, 4) is 0 Å². The maximum atomic E-state index is 11.4. The largest absolute Gasteiger partial charge is 0.366 e. The highest BCUT2D eigenvalue weighted by atomic mass is 32.1. The van der Waals surface area contributed by atoms with Crippen LogP contribution in [0, 0.1) is 17.0 Å². The Kier molecular flexibility index (Phi) is 5.05. The fraction of sp³-hybridized carbons (Fsp3) is 0.375. The van der Waals surface area contributed by atoms with E-state index in [-0.39, 0.29) is 10.6 Å². The molecule has 24 heavy (non-hydrogen) atoms. The first-order valence-corrected chi connectivity index (χ1v) is 8.76. The van der Waals surface area contributed by atoms with Crippen LogP contribution >= 0.6 is 11.3 Å². The summed E-state index contributed by atoms with van der Waals surface area (Å²) in [7, 11) is 0. The average molecular weight is 345 g/mol. The number of hydrogen-bond donors (Lipinski definition) is 1. The normalized spacial score (nSPS) is 15.0. The predicted octanol–water partition coefficient (Wildman–Crippen LogP) is 3.80. The summed E-state index contributed by atoms with van der Waals surface area (Å²) >= 11 is 1.46. The van der Waals surface area contributed by atoms with Crippen molar-refractivity contribution in [3.63, 3.8) is 0 Å². The maximum absolute atomic E-state index is 11.4. The van der Waals surface area contributed by atoms with Gasteiger partial charge in [0, 0.05) is 30.1 Å². The molecule has 2 heterocycles. The summed E-state index contributed by atoms with van der Waals surface area (Å²) in [5.74, 6) is 0. The Morgan fingerprint density at radius 3 is 2.83 bits per heavy atom. The van der Waals surface area contributed by atoms with E-state index in [0.717, 1.165) is 31.6 Å². The molecule has 1 aromatic heterocycles. The molecule has 0 bridgehead atoms. The van der Waals surface area contributed by atoms with Gasteiger partial charge in [-0.3, -0.25) is 15.5 Å². The van der Waals surface area contributed by atoms with Gasteiger partial charge in [-0.2, -0.15) is 5.10 Å². The Labute approximate surface area is 144 Å². The van der Waals surface area contributed by atoms with Crippen LogP contribution in [-0.2, 0) is 0 Å². The van der Waals surface area contributed by atoms with Gasteiger partial charge in [0.25, 0.3) is 5.69 Å². The Morgan fingerprint density at radius 2 is 2.17 bits per heavy atom. The first-order valence-electron chi connectivity index (χ1n) is 7.88. The summed E-state index contributed by atoms with van der Waals surface area (Å²) in [6.45, 7) is 3.66. The van der Waals surface area contributed by atoms with E-state index in [1.165, 1.54) is 17.8 Å². The van der Waals surface area contributed by atoms with E-state index in [0.29, 0.717) is 16.4 Å². The number of aryl methyl sites for hydroxylation is 1. The molecule has 0 amide bonds. The summed E-state index contributed by atoms with van der Waals surface area (Å²) in [5, 5.41) is 18.2. The van der Waals surface area contributed by atoms with Gasteiger partial charge >= 0.3 is 0 Å². The lowest BCUT2D eigenvalue weighted by Crippen LogP contribution is -2.29. The second kappa shape index (κ2) is 7.39. The number of nitro groups is 1. The zero-order valence-corrected chi connectivity index (χ0v) is 14.3. The van der Waals surface area contributed by atoms with Crippen molar-refractivity contribution in [1.82, 2.24) is 4.98 Å².